The molecule has 2 rings (SSSR count). The first-order chi connectivity index (χ1) is 7.18. The SMILES string of the molecule is Cc1ccc(O)c(CC2CCCN2)c1C. The summed E-state index contributed by atoms with van der Waals surface area (Å²) >= 11 is 0. The Morgan fingerprint density at radius 1 is 1.40 bits per heavy atom. The van der Waals surface area contributed by atoms with Gasteiger partial charge in [-0.1, -0.05) is 6.07 Å². The van der Waals surface area contributed by atoms with E-state index >= 15 is 0 Å². The fourth-order valence-corrected chi connectivity index (χ4v) is 2.29. The summed E-state index contributed by atoms with van der Waals surface area (Å²) in [5.74, 6) is 0.451. The molecule has 0 bridgehead atoms. The predicted octanol–water partition coefficient (Wildman–Crippen LogP) is 2.30. The number of hydrogen-bond donors (Lipinski definition) is 2. The van der Waals surface area contributed by atoms with Gasteiger partial charge in [-0.25, -0.2) is 0 Å². The lowest BCUT2D eigenvalue weighted by molar-refractivity contribution is 0.461. The summed E-state index contributed by atoms with van der Waals surface area (Å²) in [7, 11) is 0. The number of phenolic OH excluding ortho intramolecular Hbond substituents is 1. The summed E-state index contributed by atoms with van der Waals surface area (Å²) in [6, 6.07) is 4.35. The fraction of sp³-hybridized carbons (Fsp3) is 0.538. The third-order valence-electron chi connectivity index (χ3n) is 3.46. The molecule has 0 aliphatic carbocycles. The summed E-state index contributed by atoms with van der Waals surface area (Å²) in [4.78, 5) is 0. The van der Waals surface area contributed by atoms with Crippen molar-refractivity contribution in [2.75, 3.05) is 6.54 Å². The van der Waals surface area contributed by atoms with Crippen LogP contribution in [0.15, 0.2) is 12.1 Å². The molecule has 1 fully saturated rings. The van der Waals surface area contributed by atoms with Crippen molar-refractivity contribution >= 4 is 0 Å². The van der Waals surface area contributed by atoms with E-state index in [2.05, 4.69) is 19.2 Å². The van der Waals surface area contributed by atoms with Gasteiger partial charge in [-0.15, -0.1) is 0 Å². The molecule has 2 N–H and O–H groups in total. The Kier molecular flexibility index (Phi) is 2.96. The largest absolute Gasteiger partial charge is 0.508 e. The second-order valence-electron chi connectivity index (χ2n) is 4.50. The Morgan fingerprint density at radius 2 is 2.20 bits per heavy atom. The van der Waals surface area contributed by atoms with Crippen LogP contribution < -0.4 is 5.32 Å². The van der Waals surface area contributed by atoms with Crippen LogP contribution in [0.5, 0.6) is 5.75 Å². The molecule has 0 saturated carbocycles. The first-order valence-electron chi connectivity index (χ1n) is 5.70. The van der Waals surface area contributed by atoms with Gasteiger partial charge in [0.05, 0.1) is 0 Å². The summed E-state index contributed by atoms with van der Waals surface area (Å²) in [6.45, 7) is 5.32. The molecule has 1 atom stereocenters. The summed E-state index contributed by atoms with van der Waals surface area (Å²) in [6.07, 6.45) is 3.45. The fourth-order valence-electron chi connectivity index (χ4n) is 2.29. The summed E-state index contributed by atoms with van der Waals surface area (Å²) in [5, 5.41) is 13.3. The molecule has 1 aliphatic rings. The van der Waals surface area contributed by atoms with E-state index in [1.165, 1.54) is 24.0 Å². The van der Waals surface area contributed by atoms with Gasteiger partial charge in [-0.2, -0.15) is 0 Å². The van der Waals surface area contributed by atoms with Crippen molar-refractivity contribution in [2.24, 2.45) is 0 Å². The Labute approximate surface area is 91.3 Å². The van der Waals surface area contributed by atoms with E-state index in [0.717, 1.165) is 18.5 Å². The number of nitrogens with one attached hydrogen (secondary N) is 1. The monoisotopic (exact) mass is 205 g/mol. The first kappa shape index (κ1) is 10.5. The second-order valence-corrected chi connectivity index (χ2v) is 4.50. The normalized spacial score (nSPS) is 20.8. The zero-order valence-corrected chi connectivity index (χ0v) is 9.51. The van der Waals surface area contributed by atoms with Gasteiger partial charge in [0.25, 0.3) is 0 Å². The predicted molar refractivity (Wildman–Crippen MR) is 62.3 cm³/mol. The highest BCUT2D eigenvalue weighted by atomic mass is 16.3. The minimum Gasteiger partial charge on any atom is -0.508 e. The van der Waals surface area contributed by atoms with Crippen molar-refractivity contribution in [3.05, 3.63) is 28.8 Å². The maximum absolute atomic E-state index is 9.85. The number of phenols is 1. The molecule has 1 aromatic carbocycles. The quantitative estimate of drug-likeness (QED) is 0.776. The second kappa shape index (κ2) is 4.23. The molecule has 82 valence electrons. The number of aryl methyl sites for hydroxylation is 1. The Hall–Kier alpha value is -1.02. The van der Waals surface area contributed by atoms with Gasteiger partial charge in [0, 0.05) is 6.04 Å². The molecule has 1 aromatic rings. The van der Waals surface area contributed by atoms with E-state index in [4.69, 9.17) is 0 Å². The third kappa shape index (κ3) is 2.15. The summed E-state index contributed by atoms with van der Waals surface area (Å²) in [5.41, 5.74) is 3.62. The van der Waals surface area contributed by atoms with Gasteiger partial charge >= 0.3 is 0 Å². The minimum absolute atomic E-state index is 0.451. The number of rotatable bonds is 2. The van der Waals surface area contributed by atoms with Crippen LogP contribution in [0.1, 0.15) is 29.5 Å². The molecule has 1 aliphatic heterocycles. The van der Waals surface area contributed by atoms with E-state index in [0.29, 0.717) is 11.8 Å². The van der Waals surface area contributed by atoms with Gasteiger partial charge in [-0.05, 0) is 62.4 Å². The van der Waals surface area contributed by atoms with Crippen molar-refractivity contribution in [3.8, 4) is 5.75 Å². The van der Waals surface area contributed by atoms with Crippen molar-refractivity contribution < 1.29 is 5.11 Å². The van der Waals surface area contributed by atoms with Crippen molar-refractivity contribution in [1.82, 2.24) is 5.32 Å². The minimum atomic E-state index is 0.451. The average Bonchev–Trinajstić information content (AvgIpc) is 2.71. The highest BCUT2D eigenvalue weighted by molar-refractivity contribution is 5.43. The van der Waals surface area contributed by atoms with Gasteiger partial charge in [0.15, 0.2) is 0 Å². The molecule has 0 radical (unpaired) electrons. The lowest BCUT2D eigenvalue weighted by atomic mass is 9.96. The molecular formula is C13H19NO. The zero-order valence-electron chi connectivity index (χ0n) is 9.51. The molecule has 1 saturated heterocycles. The number of benzene rings is 1. The zero-order chi connectivity index (χ0) is 10.8. The Balaban J connectivity index is 2.22. The first-order valence-corrected chi connectivity index (χ1v) is 5.70. The average molecular weight is 205 g/mol. The molecule has 15 heavy (non-hydrogen) atoms. The Bertz CT molecular complexity index is 354. The van der Waals surface area contributed by atoms with Crippen molar-refractivity contribution in [2.45, 2.75) is 39.2 Å². The lowest BCUT2D eigenvalue weighted by Gasteiger charge is -2.15. The third-order valence-corrected chi connectivity index (χ3v) is 3.46. The maximum Gasteiger partial charge on any atom is 0.119 e. The van der Waals surface area contributed by atoms with Gasteiger partial charge in [0.2, 0.25) is 0 Å². The van der Waals surface area contributed by atoms with Gasteiger partial charge in [-0.3, -0.25) is 0 Å². The van der Waals surface area contributed by atoms with E-state index in [9.17, 15) is 5.11 Å². The Morgan fingerprint density at radius 3 is 2.87 bits per heavy atom. The molecule has 0 spiro atoms. The van der Waals surface area contributed by atoms with Gasteiger partial charge < -0.3 is 10.4 Å². The van der Waals surface area contributed by atoms with Crippen LogP contribution in [0, 0.1) is 13.8 Å². The van der Waals surface area contributed by atoms with Crippen LogP contribution in [0.25, 0.3) is 0 Å². The molecule has 0 amide bonds. The summed E-state index contributed by atoms with van der Waals surface area (Å²) < 4.78 is 0. The number of aromatic hydroxyl groups is 1. The highest BCUT2D eigenvalue weighted by Crippen LogP contribution is 2.26. The molecule has 0 aromatic heterocycles. The maximum atomic E-state index is 9.85. The van der Waals surface area contributed by atoms with E-state index < -0.39 is 0 Å². The molecular weight excluding hydrogens is 186 g/mol. The molecule has 2 nitrogen and oxygen atoms in total. The smallest absolute Gasteiger partial charge is 0.119 e. The van der Waals surface area contributed by atoms with Crippen LogP contribution in [0.4, 0.5) is 0 Å². The standard InChI is InChI=1S/C13H19NO/c1-9-5-6-13(15)12(10(9)2)8-11-4-3-7-14-11/h5-6,11,14-15H,3-4,7-8H2,1-2H3. The number of hydrogen-bond acceptors (Lipinski definition) is 2. The van der Waals surface area contributed by atoms with E-state index in [-0.39, 0.29) is 0 Å². The van der Waals surface area contributed by atoms with Crippen LogP contribution in [-0.2, 0) is 6.42 Å². The molecule has 1 unspecified atom stereocenters. The van der Waals surface area contributed by atoms with Crippen LogP contribution >= 0.6 is 0 Å². The molecule has 2 heteroatoms. The molecule has 1 heterocycles. The van der Waals surface area contributed by atoms with E-state index in [1.807, 2.05) is 12.1 Å². The van der Waals surface area contributed by atoms with Crippen molar-refractivity contribution in [3.63, 3.8) is 0 Å². The van der Waals surface area contributed by atoms with E-state index in [1.54, 1.807) is 0 Å². The van der Waals surface area contributed by atoms with Crippen LogP contribution in [-0.4, -0.2) is 17.7 Å². The van der Waals surface area contributed by atoms with Crippen LogP contribution in [0.3, 0.4) is 0 Å². The lowest BCUT2D eigenvalue weighted by Crippen LogP contribution is -2.24. The van der Waals surface area contributed by atoms with Crippen LogP contribution in [0.2, 0.25) is 0 Å². The topological polar surface area (TPSA) is 32.3 Å². The van der Waals surface area contributed by atoms with Crippen molar-refractivity contribution in [1.29, 1.82) is 0 Å². The highest BCUT2D eigenvalue weighted by Gasteiger charge is 2.17. The van der Waals surface area contributed by atoms with Gasteiger partial charge in [0.1, 0.15) is 5.75 Å².